The molecule has 2 atom stereocenters. The van der Waals surface area contributed by atoms with Crippen LogP contribution in [0.15, 0.2) is 11.4 Å². The SMILES string of the molecule is CN(C)Cc1csc(CN2C[C@@H]3CC[C@H](C2)N(CC2CCC2)C3)c1. The van der Waals surface area contributed by atoms with Gasteiger partial charge in [0, 0.05) is 50.2 Å². The van der Waals surface area contributed by atoms with Gasteiger partial charge in [-0.25, -0.2) is 0 Å². The van der Waals surface area contributed by atoms with Gasteiger partial charge >= 0.3 is 0 Å². The predicted octanol–water partition coefficient (Wildman–Crippen LogP) is 3.51. The van der Waals surface area contributed by atoms with Gasteiger partial charge in [0.2, 0.25) is 0 Å². The Morgan fingerprint density at radius 3 is 2.75 bits per heavy atom. The second-order valence-corrected chi connectivity index (χ2v) is 9.70. The van der Waals surface area contributed by atoms with Gasteiger partial charge in [0.05, 0.1) is 0 Å². The summed E-state index contributed by atoms with van der Waals surface area (Å²) < 4.78 is 0. The summed E-state index contributed by atoms with van der Waals surface area (Å²) >= 11 is 1.96. The fourth-order valence-corrected chi connectivity index (χ4v) is 5.74. The first kappa shape index (κ1) is 17.0. The minimum Gasteiger partial charge on any atom is -0.305 e. The molecule has 1 saturated carbocycles. The van der Waals surface area contributed by atoms with Crippen LogP contribution in [0.3, 0.4) is 0 Å². The average molecular weight is 348 g/mol. The van der Waals surface area contributed by atoms with Gasteiger partial charge in [-0.3, -0.25) is 9.80 Å². The molecule has 0 radical (unpaired) electrons. The number of nitrogens with zero attached hydrogens (tertiary/aromatic N) is 3. The van der Waals surface area contributed by atoms with Gasteiger partial charge in [-0.1, -0.05) is 6.42 Å². The molecule has 0 spiro atoms. The van der Waals surface area contributed by atoms with E-state index in [-0.39, 0.29) is 0 Å². The highest BCUT2D eigenvalue weighted by Crippen LogP contribution is 2.33. The summed E-state index contributed by atoms with van der Waals surface area (Å²) in [4.78, 5) is 9.44. The molecule has 1 aliphatic carbocycles. The summed E-state index contributed by atoms with van der Waals surface area (Å²) in [6, 6.07) is 3.26. The minimum atomic E-state index is 0.825. The third-order valence-electron chi connectivity index (χ3n) is 6.21. The molecule has 5 rings (SSSR count). The van der Waals surface area contributed by atoms with Crippen molar-refractivity contribution in [3.63, 3.8) is 0 Å². The fraction of sp³-hybridized carbons (Fsp3) is 0.800. The first-order valence-corrected chi connectivity index (χ1v) is 10.7. The molecule has 2 bridgehead atoms. The van der Waals surface area contributed by atoms with E-state index in [1.54, 1.807) is 4.88 Å². The molecule has 3 saturated heterocycles. The number of piperidine rings is 1. The summed E-state index contributed by atoms with van der Waals surface area (Å²) in [6.45, 7) is 7.61. The number of thiophene rings is 1. The van der Waals surface area contributed by atoms with Gasteiger partial charge in [0.1, 0.15) is 0 Å². The maximum atomic E-state index is 2.86. The maximum Gasteiger partial charge on any atom is 0.0328 e. The molecule has 1 aromatic heterocycles. The molecule has 0 N–H and O–H groups in total. The van der Waals surface area contributed by atoms with Gasteiger partial charge in [0.15, 0.2) is 0 Å². The zero-order chi connectivity index (χ0) is 16.5. The van der Waals surface area contributed by atoms with E-state index in [1.807, 2.05) is 11.3 Å². The smallest absolute Gasteiger partial charge is 0.0328 e. The van der Waals surface area contributed by atoms with Crippen molar-refractivity contribution in [2.75, 3.05) is 40.3 Å². The van der Waals surface area contributed by atoms with Crippen molar-refractivity contribution in [1.82, 2.24) is 14.7 Å². The van der Waals surface area contributed by atoms with E-state index >= 15 is 0 Å². The summed E-state index contributed by atoms with van der Waals surface area (Å²) in [7, 11) is 4.31. The molecule has 134 valence electrons. The molecular weight excluding hydrogens is 314 g/mol. The Bertz CT molecular complexity index is 537. The quantitative estimate of drug-likeness (QED) is 0.780. The van der Waals surface area contributed by atoms with Crippen LogP contribution in [0.4, 0.5) is 0 Å². The van der Waals surface area contributed by atoms with E-state index in [4.69, 9.17) is 0 Å². The van der Waals surface area contributed by atoms with Crippen molar-refractivity contribution in [3.8, 4) is 0 Å². The number of fused-ring (bicyclic) bond motifs is 4. The van der Waals surface area contributed by atoms with E-state index in [0.29, 0.717) is 0 Å². The molecule has 4 heterocycles. The van der Waals surface area contributed by atoms with Crippen LogP contribution in [0.2, 0.25) is 0 Å². The average Bonchev–Trinajstić information content (AvgIpc) is 2.74. The molecule has 3 aliphatic heterocycles. The third-order valence-corrected chi connectivity index (χ3v) is 7.18. The monoisotopic (exact) mass is 347 g/mol. The lowest BCUT2D eigenvalue weighted by Gasteiger charge is -2.40. The summed E-state index contributed by atoms with van der Waals surface area (Å²) in [5, 5.41) is 2.35. The maximum absolute atomic E-state index is 2.86. The van der Waals surface area contributed by atoms with Gasteiger partial charge in [-0.05, 0) is 68.6 Å². The van der Waals surface area contributed by atoms with E-state index in [0.717, 1.165) is 24.4 Å². The normalized spacial score (nSPS) is 29.1. The van der Waals surface area contributed by atoms with Crippen LogP contribution in [0.1, 0.15) is 42.5 Å². The van der Waals surface area contributed by atoms with Crippen LogP contribution in [-0.2, 0) is 13.1 Å². The van der Waals surface area contributed by atoms with Crippen LogP contribution in [0.25, 0.3) is 0 Å². The van der Waals surface area contributed by atoms with Crippen molar-refractivity contribution in [2.24, 2.45) is 11.8 Å². The van der Waals surface area contributed by atoms with Crippen molar-refractivity contribution in [2.45, 2.75) is 51.2 Å². The topological polar surface area (TPSA) is 9.72 Å². The van der Waals surface area contributed by atoms with Crippen molar-refractivity contribution in [1.29, 1.82) is 0 Å². The minimum absolute atomic E-state index is 0.825. The molecule has 24 heavy (non-hydrogen) atoms. The van der Waals surface area contributed by atoms with Crippen LogP contribution >= 0.6 is 11.3 Å². The highest BCUT2D eigenvalue weighted by Gasteiger charge is 2.36. The Morgan fingerprint density at radius 2 is 2.00 bits per heavy atom. The molecule has 4 fully saturated rings. The summed E-state index contributed by atoms with van der Waals surface area (Å²) in [6.07, 6.45) is 7.35. The molecule has 4 heteroatoms. The Morgan fingerprint density at radius 1 is 1.12 bits per heavy atom. The van der Waals surface area contributed by atoms with Crippen molar-refractivity contribution < 1.29 is 0 Å². The van der Waals surface area contributed by atoms with Gasteiger partial charge in [0.25, 0.3) is 0 Å². The molecule has 1 aromatic rings. The highest BCUT2D eigenvalue weighted by molar-refractivity contribution is 7.10. The predicted molar refractivity (Wildman–Crippen MR) is 102 cm³/mol. The molecular formula is C20H33N3S. The van der Waals surface area contributed by atoms with Crippen molar-refractivity contribution in [3.05, 3.63) is 21.9 Å². The molecule has 3 nitrogen and oxygen atoms in total. The van der Waals surface area contributed by atoms with Gasteiger partial charge in [-0.15, -0.1) is 11.3 Å². The summed E-state index contributed by atoms with van der Waals surface area (Å²) in [5.74, 6) is 1.92. The Hall–Kier alpha value is -0.420. The van der Waals surface area contributed by atoms with E-state index in [1.165, 1.54) is 70.4 Å². The largest absolute Gasteiger partial charge is 0.305 e. The summed E-state index contributed by atoms with van der Waals surface area (Å²) in [5.41, 5.74) is 1.48. The first-order chi connectivity index (χ1) is 11.7. The lowest BCUT2D eigenvalue weighted by molar-refractivity contribution is 0.0891. The second kappa shape index (κ2) is 7.45. The Balaban J connectivity index is 1.35. The second-order valence-electron chi connectivity index (χ2n) is 8.70. The molecule has 0 aromatic carbocycles. The molecule has 0 amide bonds. The van der Waals surface area contributed by atoms with Gasteiger partial charge < -0.3 is 4.90 Å². The Labute approximate surface area is 151 Å². The zero-order valence-electron chi connectivity index (χ0n) is 15.4. The van der Waals surface area contributed by atoms with Gasteiger partial charge in [-0.2, -0.15) is 0 Å². The third kappa shape index (κ3) is 4.04. The lowest BCUT2D eigenvalue weighted by atomic mass is 9.83. The standard InChI is InChI=1S/C20H33N3S/c1-21(2)9-18-8-20(24-15-18)14-22-10-17-6-7-19(13-22)23(12-17)11-16-4-3-5-16/h8,15-17,19H,3-7,9-14H2,1-2H3/t17-,19+/m0/s1. The van der Waals surface area contributed by atoms with Crippen LogP contribution in [0.5, 0.6) is 0 Å². The van der Waals surface area contributed by atoms with Crippen LogP contribution < -0.4 is 0 Å². The van der Waals surface area contributed by atoms with E-state index in [2.05, 4.69) is 40.2 Å². The Kier molecular flexibility index (Phi) is 5.28. The van der Waals surface area contributed by atoms with E-state index in [9.17, 15) is 0 Å². The van der Waals surface area contributed by atoms with Crippen molar-refractivity contribution >= 4 is 11.3 Å². The molecule has 4 aliphatic rings. The van der Waals surface area contributed by atoms with Crippen LogP contribution in [0, 0.1) is 11.8 Å². The first-order valence-electron chi connectivity index (χ1n) is 9.83. The number of rotatable bonds is 6. The zero-order valence-corrected chi connectivity index (χ0v) is 16.2. The highest BCUT2D eigenvalue weighted by atomic mass is 32.1. The fourth-order valence-electron chi connectivity index (χ4n) is 4.81. The molecule has 0 unspecified atom stereocenters. The lowest BCUT2D eigenvalue weighted by Crippen LogP contribution is -2.46. The number of hydrogen-bond donors (Lipinski definition) is 0. The number of hydrogen-bond acceptors (Lipinski definition) is 4. The van der Waals surface area contributed by atoms with E-state index < -0.39 is 0 Å². The van der Waals surface area contributed by atoms with Crippen LogP contribution in [-0.4, -0.2) is 61.0 Å².